The molecule has 1 aliphatic heterocycles. The van der Waals surface area contributed by atoms with Crippen LogP contribution in [0.1, 0.15) is 36.9 Å². The van der Waals surface area contributed by atoms with E-state index in [4.69, 9.17) is 10.7 Å². The van der Waals surface area contributed by atoms with Crippen LogP contribution in [0.4, 0.5) is 5.69 Å². The zero-order valence-corrected chi connectivity index (χ0v) is 13.3. The molecule has 1 fully saturated rings. The van der Waals surface area contributed by atoms with Crippen LogP contribution in [-0.4, -0.2) is 11.6 Å². The van der Waals surface area contributed by atoms with Crippen molar-refractivity contribution in [2.24, 2.45) is 16.6 Å². The molecular weight excluding hydrogens is 284 g/mol. The standard InChI is InChI=1S/C19H22N4/c1-13(14-7-3-2-4-8-14)21-18-16-9-5-6-10-17(16)22-19(20,23-18)15-11-12-15/h2-10,13,15,22H,11-12,20H2,1H3,(H,21,23). The number of amidine groups is 1. The highest BCUT2D eigenvalue weighted by atomic mass is 15.3. The molecule has 2 aliphatic rings. The number of para-hydroxylation sites is 1. The van der Waals surface area contributed by atoms with Gasteiger partial charge in [0.2, 0.25) is 0 Å². The Morgan fingerprint density at radius 2 is 1.74 bits per heavy atom. The Morgan fingerprint density at radius 1 is 1.04 bits per heavy atom. The van der Waals surface area contributed by atoms with Crippen molar-refractivity contribution in [3.8, 4) is 0 Å². The van der Waals surface area contributed by atoms with Gasteiger partial charge in [-0.15, -0.1) is 0 Å². The van der Waals surface area contributed by atoms with E-state index >= 15 is 0 Å². The van der Waals surface area contributed by atoms with E-state index in [0.29, 0.717) is 5.92 Å². The Kier molecular flexibility index (Phi) is 3.34. The zero-order valence-electron chi connectivity index (χ0n) is 13.3. The molecule has 4 rings (SSSR count). The fraction of sp³-hybridized carbons (Fsp3) is 0.316. The number of hydrogen-bond acceptors (Lipinski definition) is 3. The molecule has 0 bridgehead atoms. The lowest BCUT2D eigenvalue weighted by Gasteiger charge is -2.39. The number of fused-ring (bicyclic) bond motifs is 1. The molecule has 0 radical (unpaired) electrons. The van der Waals surface area contributed by atoms with Crippen molar-refractivity contribution in [3.63, 3.8) is 0 Å². The van der Waals surface area contributed by atoms with Crippen LogP contribution in [0.15, 0.2) is 59.6 Å². The molecule has 23 heavy (non-hydrogen) atoms. The van der Waals surface area contributed by atoms with Gasteiger partial charge in [0.25, 0.3) is 0 Å². The summed E-state index contributed by atoms with van der Waals surface area (Å²) in [6.07, 6.45) is 2.31. The lowest BCUT2D eigenvalue weighted by atomic mass is 10.0. The minimum atomic E-state index is -0.594. The fourth-order valence-corrected chi connectivity index (χ4v) is 3.16. The maximum atomic E-state index is 6.58. The van der Waals surface area contributed by atoms with Crippen molar-refractivity contribution in [3.05, 3.63) is 65.7 Å². The van der Waals surface area contributed by atoms with Gasteiger partial charge in [-0.25, -0.2) is 0 Å². The molecule has 4 nitrogen and oxygen atoms in total. The third-order valence-electron chi connectivity index (χ3n) is 4.67. The number of nitrogens with two attached hydrogens (primary N) is 1. The van der Waals surface area contributed by atoms with Crippen molar-refractivity contribution in [2.45, 2.75) is 31.6 Å². The minimum Gasteiger partial charge on any atom is -0.350 e. The second-order valence-corrected chi connectivity index (χ2v) is 6.50. The molecule has 2 aromatic carbocycles. The lowest BCUT2D eigenvalue weighted by Crippen LogP contribution is -2.65. The molecule has 2 unspecified atom stereocenters. The molecule has 0 saturated heterocycles. The van der Waals surface area contributed by atoms with Crippen molar-refractivity contribution in [2.75, 3.05) is 5.32 Å². The van der Waals surface area contributed by atoms with Crippen molar-refractivity contribution < 1.29 is 0 Å². The van der Waals surface area contributed by atoms with Gasteiger partial charge in [0.05, 0.1) is 6.04 Å². The second-order valence-electron chi connectivity index (χ2n) is 6.50. The number of rotatable bonds is 3. The highest BCUT2D eigenvalue weighted by molar-refractivity contribution is 6.06. The summed E-state index contributed by atoms with van der Waals surface area (Å²) < 4.78 is 0. The molecular formula is C19H22N4. The van der Waals surface area contributed by atoms with Gasteiger partial charge < -0.3 is 10.6 Å². The van der Waals surface area contributed by atoms with E-state index in [1.807, 2.05) is 30.3 Å². The third-order valence-corrected chi connectivity index (χ3v) is 4.67. The Balaban J connectivity index is 1.72. The summed E-state index contributed by atoms with van der Waals surface area (Å²) in [4.78, 5) is 4.94. The van der Waals surface area contributed by atoms with Crippen LogP contribution >= 0.6 is 0 Å². The maximum absolute atomic E-state index is 6.58. The summed E-state index contributed by atoms with van der Waals surface area (Å²) in [5.41, 5.74) is 9.92. The summed E-state index contributed by atoms with van der Waals surface area (Å²) in [6.45, 7) is 2.12. The first-order valence-electron chi connectivity index (χ1n) is 8.23. The smallest absolute Gasteiger partial charge is 0.165 e. The van der Waals surface area contributed by atoms with Crippen LogP contribution in [0.25, 0.3) is 0 Å². The van der Waals surface area contributed by atoms with Gasteiger partial charge in [0.15, 0.2) is 5.79 Å². The molecule has 0 amide bonds. The van der Waals surface area contributed by atoms with Crippen molar-refractivity contribution >= 4 is 11.5 Å². The summed E-state index contributed by atoms with van der Waals surface area (Å²) in [6, 6.07) is 18.6. The maximum Gasteiger partial charge on any atom is 0.165 e. The number of hydrogen-bond donors (Lipinski definition) is 3. The van der Waals surface area contributed by atoms with Gasteiger partial charge in [-0.3, -0.25) is 10.7 Å². The molecule has 118 valence electrons. The third kappa shape index (κ3) is 2.70. The van der Waals surface area contributed by atoms with Gasteiger partial charge in [0, 0.05) is 17.2 Å². The monoisotopic (exact) mass is 306 g/mol. The van der Waals surface area contributed by atoms with Gasteiger partial charge in [0.1, 0.15) is 5.84 Å². The Morgan fingerprint density at radius 3 is 2.48 bits per heavy atom. The quantitative estimate of drug-likeness (QED) is 0.816. The van der Waals surface area contributed by atoms with Crippen molar-refractivity contribution in [1.82, 2.24) is 5.32 Å². The fourth-order valence-electron chi connectivity index (χ4n) is 3.16. The first-order chi connectivity index (χ1) is 11.2. The SMILES string of the molecule is CC(N=C1NC(N)(C2CC2)Nc2ccccc21)c1ccccc1. The molecule has 1 heterocycles. The second kappa shape index (κ2) is 5.39. The van der Waals surface area contributed by atoms with E-state index in [-0.39, 0.29) is 6.04 Å². The number of nitrogens with zero attached hydrogens (tertiary/aromatic N) is 1. The molecule has 0 aromatic heterocycles. The molecule has 4 N–H and O–H groups in total. The lowest BCUT2D eigenvalue weighted by molar-refractivity contribution is 0.387. The zero-order chi connectivity index (χ0) is 15.9. The van der Waals surface area contributed by atoms with Crippen LogP contribution in [0.2, 0.25) is 0 Å². The van der Waals surface area contributed by atoms with Crippen LogP contribution in [-0.2, 0) is 0 Å². The summed E-state index contributed by atoms with van der Waals surface area (Å²) in [5.74, 6) is 0.738. The highest BCUT2D eigenvalue weighted by Crippen LogP contribution is 2.40. The molecule has 1 saturated carbocycles. The van der Waals surface area contributed by atoms with Crippen molar-refractivity contribution in [1.29, 1.82) is 0 Å². The summed E-state index contributed by atoms with van der Waals surface area (Å²) in [5, 5.41) is 6.93. The first-order valence-corrected chi connectivity index (χ1v) is 8.23. The van der Waals surface area contributed by atoms with E-state index in [1.165, 1.54) is 5.56 Å². The van der Waals surface area contributed by atoms with Crippen LogP contribution in [0.3, 0.4) is 0 Å². The average molecular weight is 306 g/mol. The van der Waals surface area contributed by atoms with E-state index in [1.54, 1.807) is 0 Å². The number of benzene rings is 2. The summed E-state index contributed by atoms with van der Waals surface area (Å²) >= 11 is 0. The molecule has 1 aliphatic carbocycles. The van der Waals surface area contributed by atoms with Gasteiger partial charge in [-0.1, -0.05) is 42.5 Å². The molecule has 2 atom stereocenters. The Labute approximate surface area is 136 Å². The van der Waals surface area contributed by atoms with E-state index in [0.717, 1.165) is 29.9 Å². The van der Waals surface area contributed by atoms with E-state index in [9.17, 15) is 0 Å². The van der Waals surface area contributed by atoms with E-state index in [2.05, 4.69) is 41.8 Å². The average Bonchev–Trinajstić information content (AvgIpc) is 3.41. The van der Waals surface area contributed by atoms with Gasteiger partial charge in [-0.05, 0) is 37.5 Å². The predicted molar refractivity (Wildman–Crippen MR) is 94.2 cm³/mol. The Bertz CT molecular complexity index is 736. The molecule has 0 spiro atoms. The first kappa shape index (κ1) is 14.3. The Hall–Kier alpha value is -2.33. The number of nitrogens with one attached hydrogen (secondary N) is 2. The number of aliphatic imine (C=N–C) groups is 1. The topological polar surface area (TPSA) is 62.4 Å². The predicted octanol–water partition coefficient (Wildman–Crippen LogP) is 3.23. The van der Waals surface area contributed by atoms with Crippen LogP contribution in [0, 0.1) is 5.92 Å². The van der Waals surface area contributed by atoms with Crippen LogP contribution < -0.4 is 16.4 Å². The number of anilines is 1. The minimum absolute atomic E-state index is 0.0771. The summed E-state index contributed by atoms with van der Waals surface area (Å²) in [7, 11) is 0. The largest absolute Gasteiger partial charge is 0.350 e. The highest BCUT2D eigenvalue weighted by Gasteiger charge is 2.45. The molecule has 2 aromatic rings. The van der Waals surface area contributed by atoms with Crippen LogP contribution in [0.5, 0.6) is 0 Å². The van der Waals surface area contributed by atoms with Gasteiger partial charge in [-0.2, -0.15) is 0 Å². The van der Waals surface area contributed by atoms with E-state index < -0.39 is 5.79 Å². The normalized spacial score (nSPS) is 26.1. The molecule has 4 heteroatoms. The van der Waals surface area contributed by atoms with Gasteiger partial charge >= 0.3 is 0 Å².